The Hall–Kier alpha value is -1.53. The number of thioether (sulfide) groups is 1. The number of aromatic nitrogens is 3. The molecule has 22 heavy (non-hydrogen) atoms. The molecule has 0 saturated carbocycles. The molecule has 0 N–H and O–H groups in total. The van der Waals surface area contributed by atoms with Crippen LogP contribution in [0.3, 0.4) is 0 Å². The van der Waals surface area contributed by atoms with Crippen LogP contribution in [0.2, 0.25) is 0 Å². The third-order valence-corrected chi connectivity index (χ3v) is 5.88. The molecule has 1 spiro atoms. The van der Waals surface area contributed by atoms with Gasteiger partial charge < -0.3 is 4.74 Å². The van der Waals surface area contributed by atoms with Crippen molar-refractivity contribution in [3.05, 3.63) is 42.5 Å². The molecule has 1 atom stereocenters. The molecule has 2 aliphatic rings. The lowest BCUT2D eigenvalue weighted by Crippen LogP contribution is -2.58. The Morgan fingerprint density at radius 2 is 2.32 bits per heavy atom. The van der Waals surface area contributed by atoms with Crippen LogP contribution in [0.5, 0.6) is 5.75 Å². The zero-order valence-electron chi connectivity index (χ0n) is 12.7. The quantitative estimate of drug-likeness (QED) is 0.862. The summed E-state index contributed by atoms with van der Waals surface area (Å²) in [6.07, 6.45) is 9.08. The van der Waals surface area contributed by atoms with Crippen molar-refractivity contribution in [2.45, 2.75) is 23.8 Å². The van der Waals surface area contributed by atoms with Gasteiger partial charge in [-0.05, 0) is 12.1 Å². The topological polar surface area (TPSA) is 43.2 Å². The van der Waals surface area contributed by atoms with Gasteiger partial charge in [0.05, 0.1) is 12.4 Å². The van der Waals surface area contributed by atoms with E-state index in [0.29, 0.717) is 10.9 Å². The van der Waals surface area contributed by atoms with Gasteiger partial charge in [0.15, 0.2) is 0 Å². The summed E-state index contributed by atoms with van der Waals surface area (Å²) in [6, 6.07) is 3.91. The van der Waals surface area contributed by atoms with Crippen LogP contribution in [0, 0.1) is 0 Å². The minimum absolute atomic E-state index is 0.315. The van der Waals surface area contributed by atoms with Crippen molar-refractivity contribution in [1.29, 1.82) is 0 Å². The lowest BCUT2D eigenvalue weighted by molar-refractivity contribution is 0.0920. The van der Waals surface area contributed by atoms with E-state index in [1.54, 1.807) is 12.4 Å². The summed E-state index contributed by atoms with van der Waals surface area (Å²) in [5.74, 6) is 1.96. The van der Waals surface area contributed by atoms with Crippen molar-refractivity contribution < 1.29 is 4.74 Å². The molecular weight excluding hydrogens is 296 g/mol. The lowest BCUT2D eigenvalue weighted by Gasteiger charge is -2.47. The van der Waals surface area contributed by atoms with E-state index < -0.39 is 0 Å². The van der Waals surface area contributed by atoms with E-state index in [-0.39, 0.29) is 0 Å². The predicted octanol–water partition coefficient (Wildman–Crippen LogP) is 1.95. The van der Waals surface area contributed by atoms with Crippen LogP contribution in [0.15, 0.2) is 36.9 Å². The fourth-order valence-electron chi connectivity index (χ4n) is 3.40. The third-order valence-electron chi connectivity index (χ3n) is 4.30. The molecule has 0 radical (unpaired) electrons. The summed E-state index contributed by atoms with van der Waals surface area (Å²) in [5.41, 5.74) is 1.29. The maximum absolute atomic E-state index is 6.05. The number of likely N-dealkylation sites (tertiary alicyclic amines) is 1. The fraction of sp³-hybridized carbons (Fsp3) is 0.500. The second-order valence-electron chi connectivity index (χ2n) is 6.29. The number of ether oxygens (including phenoxy) is 1. The monoisotopic (exact) mass is 316 g/mol. The second-order valence-corrected chi connectivity index (χ2v) is 7.78. The molecule has 116 valence electrons. The Morgan fingerprint density at radius 3 is 3.05 bits per heavy atom. The predicted molar refractivity (Wildman–Crippen MR) is 86.9 cm³/mol. The van der Waals surface area contributed by atoms with Crippen molar-refractivity contribution >= 4 is 11.8 Å². The highest BCUT2D eigenvalue weighted by Gasteiger charge is 2.49. The maximum atomic E-state index is 6.05. The van der Waals surface area contributed by atoms with E-state index in [0.717, 1.165) is 37.6 Å². The summed E-state index contributed by atoms with van der Waals surface area (Å²) >= 11 is 2.07. The second kappa shape index (κ2) is 5.59. The summed E-state index contributed by atoms with van der Waals surface area (Å²) in [6.45, 7) is 3.31. The van der Waals surface area contributed by atoms with Crippen molar-refractivity contribution in [2.24, 2.45) is 7.05 Å². The molecule has 2 aromatic rings. The number of hydrogen-bond acceptors (Lipinski definition) is 5. The maximum Gasteiger partial charge on any atom is 0.138 e. The van der Waals surface area contributed by atoms with Crippen LogP contribution in [-0.2, 0) is 13.6 Å². The molecule has 4 rings (SSSR count). The molecule has 2 aliphatic heterocycles. The largest absolute Gasteiger partial charge is 0.488 e. The average molecular weight is 316 g/mol. The van der Waals surface area contributed by atoms with Gasteiger partial charge in [0.2, 0.25) is 0 Å². The highest BCUT2D eigenvalue weighted by atomic mass is 32.2. The minimum Gasteiger partial charge on any atom is -0.488 e. The van der Waals surface area contributed by atoms with Gasteiger partial charge in [0.25, 0.3) is 0 Å². The number of hydrogen-bond donors (Lipinski definition) is 0. The van der Waals surface area contributed by atoms with Crippen molar-refractivity contribution in [2.75, 3.05) is 18.8 Å². The van der Waals surface area contributed by atoms with Gasteiger partial charge in [0, 0.05) is 61.6 Å². The zero-order chi connectivity index (χ0) is 15.0. The third kappa shape index (κ3) is 2.85. The molecule has 0 aliphatic carbocycles. The van der Waals surface area contributed by atoms with Crippen LogP contribution in [0.4, 0.5) is 0 Å². The summed E-state index contributed by atoms with van der Waals surface area (Å²) in [7, 11) is 1.97. The highest BCUT2D eigenvalue weighted by molar-refractivity contribution is 8.01. The number of aryl methyl sites for hydroxylation is 1. The molecule has 6 heteroatoms. The van der Waals surface area contributed by atoms with E-state index in [1.807, 2.05) is 30.1 Å². The van der Waals surface area contributed by atoms with E-state index in [9.17, 15) is 0 Å². The molecule has 0 amide bonds. The van der Waals surface area contributed by atoms with Crippen molar-refractivity contribution in [3.8, 4) is 5.75 Å². The van der Waals surface area contributed by atoms with Gasteiger partial charge >= 0.3 is 0 Å². The standard InChI is InChI=1S/C16H20N4OS/c1-19-8-13(6-18-19)9-20-11-16(12-20)5-15(10-22-16)21-14-3-2-4-17-7-14/h2-4,6-8,15H,5,9-12H2,1H3. The molecule has 4 heterocycles. The molecular formula is C16H20N4OS. The van der Waals surface area contributed by atoms with Gasteiger partial charge in [-0.1, -0.05) is 0 Å². The molecule has 0 bridgehead atoms. The fourth-order valence-corrected chi connectivity index (χ4v) is 4.98. The first-order valence-electron chi connectivity index (χ1n) is 7.61. The highest BCUT2D eigenvalue weighted by Crippen LogP contribution is 2.46. The van der Waals surface area contributed by atoms with E-state index >= 15 is 0 Å². The number of rotatable bonds is 4. The van der Waals surface area contributed by atoms with Crippen LogP contribution in [0.25, 0.3) is 0 Å². The Balaban J connectivity index is 1.29. The van der Waals surface area contributed by atoms with E-state index in [4.69, 9.17) is 4.74 Å². The van der Waals surface area contributed by atoms with Crippen LogP contribution < -0.4 is 4.74 Å². The first-order valence-corrected chi connectivity index (χ1v) is 8.60. The summed E-state index contributed by atoms with van der Waals surface area (Å²) < 4.78 is 8.31. The first-order chi connectivity index (χ1) is 10.7. The Kier molecular flexibility index (Phi) is 3.58. The molecule has 0 aromatic carbocycles. The van der Waals surface area contributed by atoms with Crippen molar-refractivity contribution in [1.82, 2.24) is 19.7 Å². The van der Waals surface area contributed by atoms with Gasteiger partial charge in [-0.2, -0.15) is 5.10 Å². The first kappa shape index (κ1) is 14.1. The molecule has 2 saturated heterocycles. The number of pyridine rings is 1. The molecule has 1 unspecified atom stereocenters. The Morgan fingerprint density at radius 1 is 1.41 bits per heavy atom. The van der Waals surface area contributed by atoms with Crippen LogP contribution in [0.1, 0.15) is 12.0 Å². The van der Waals surface area contributed by atoms with Crippen LogP contribution in [-0.4, -0.2) is 49.4 Å². The normalized spacial score (nSPS) is 23.6. The summed E-state index contributed by atoms with van der Waals surface area (Å²) in [5, 5.41) is 4.23. The van der Waals surface area contributed by atoms with Gasteiger partial charge in [-0.3, -0.25) is 14.6 Å². The van der Waals surface area contributed by atoms with Crippen molar-refractivity contribution in [3.63, 3.8) is 0 Å². The molecule has 2 fully saturated rings. The van der Waals surface area contributed by atoms with Gasteiger partial charge in [0.1, 0.15) is 11.9 Å². The van der Waals surface area contributed by atoms with E-state index in [1.165, 1.54) is 5.56 Å². The SMILES string of the molecule is Cn1cc(CN2CC3(CC(Oc4cccnc4)CS3)C2)cn1. The zero-order valence-corrected chi connectivity index (χ0v) is 13.5. The van der Waals surface area contributed by atoms with Gasteiger partial charge in [-0.15, -0.1) is 11.8 Å². The van der Waals surface area contributed by atoms with Crippen LogP contribution >= 0.6 is 11.8 Å². The Bertz CT molecular complexity index is 639. The summed E-state index contributed by atoms with van der Waals surface area (Å²) in [4.78, 5) is 6.61. The Labute approximate surface area is 134 Å². The number of nitrogens with zero attached hydrogens (tertiary/aromatic N) is 4. The minimum atomic E-state index is 0.315. The smallest absolute Gasteiger partial charge is 0.138 e. The average Bonchev–Trinajstić information content (AvgIpc) is 3.07. The van der Waals surface area contributed by atoms with Gasteiger partial charge in [-0.25, -0.2) is 0 Å². The molecule has 2 aromatic heterocycles. The molecule has 5 nitrogen and oxygen atoms in total. The van der Waals surface area contributed by atoms with E-state index in [2.05, 4.69) is 32.9 Å². The lowest BCUT2D eigenvalue weighted by atomic mass is 9.92.